The van der Waals surface area contributed by atoms with Crippen LogP contribution in [0, 0.1) is 28.9 Å². The van der Waals surface area contributed by atoms with Crippen LogP contribution in [-0.4, -0.2) is 44.6 Å². The first-order valence-electron chi connectivity index (χ1n) is 15.8. The Balaban J connectivity index is 1.77. The first-order chi connectivity index (χ1) is 22.1. The average molecular weight is 671 g/mol. The summed E-state index contributed by atoms with van der Waals surface area (Å²) in [7, 11) is -2.69. The van der Waals surface area contributed by atoms with Crippen LogP contribution in [0.1, 0.15) is 84.3 Å². The van der Waals surface area contributed by atoms with Gasteiger partial charge in [-0.2, -0.15) is 8.42 Å². The molecule has 1 N–H and O–H groups in total. The fourth-order valence-corrected chi connectivity index (χ4v) is 6.86. The van der Waals surface area contributed by atoms with E-state index in [1.54, 1.807) is 32.0 Å². The van der Waals surface area contributed by atoms with Gasteiger partial charge in [-0.1, -0.05) is 63.9 Å². The van der Waals surface area contributed by atoms with Gasteiger partial charge in [-0.25, -0.2) is 9.59 Å². The zero-order valence-corrected chi connectivity index (χ0v) is 29.2. The van der Waals surface area contributed by atoms with Gasteiger partial charge in [0.15, 0.2) is 0 Å². The lowest BCUT2D eigenvalue weighted by Gasteiger charge is -2.31. The quantitative estimate of drug-likeness (QED) is 0.0699. The molecule has 11 nitrogen and oxygen atoms in total. The monoisotopic (exact) mass is 670 g/mol. The van der Waals surface area contributed by atoms with Crippen molar-refractivity contribution in [3.63, 3.8) is 0 Å². The van der Waals surface area contributed by atoms with E-state index in [2.05, 4.69) is 5.32 Å². The van der Waals surface area contributed by atoms with E-state index in [4.69, 9.17) is 13.7 Å². The second-order valence-electron chi connectivity index (χ2n) is 12.6. The van der Waals surface area contributed by atoms with Crippen molar-refractivity contribution in [3.05, 3.63) is 92.3 Å². The third-order valence-corrected chi connectivity index (χ3v) is 9.68. The van der Waals surface area contributed by atoms with Gasteiger partial charge in [-0.3, -0.25) is 14.3 Å². The van der Waals surface area contributed by atoms with Crippen LogP contribution in [0.2, 0.25) is 0 Å². The fraction of sp³-hybridized carbons (Fsp3) is 0.486. The number of ether oxygens (including phenoxy) is 2. The lowest BCUT2D eigenvalue weighted by molar-refractivity contribution is -0.384. The molecule has 2 aromatic rings. The molecule has 0 saturated carbocycles. The predicted molar refractivity (Wildman–Crippen MR) is 178 cm³/mol. The molecule has 0 aliphatic carbocycles. The molecule has 47 heavy (non-hydrogen) atoms. The van der Waals surface area contributed by atoms with Gasteiger partial charge in [0.05, 0.1) is 40.1 Å². The molecule has 0 bridgehead atoms. The van der Waals surface area contributed by atoms with Crippen LogP contribution in [0.5, 0.6) is 0 Å². The standard InChI is InChI=1S/C35H46N2O9S/c1-21(2)29(14-9-10-15-30(22(3)4)46-47(42,43)28-18-16-23(5)17-19-28)45-35(39)32-25(7)36-24(6)31(34(38)44-8)33(32)26-12-11-13-27(20-26)37(40)41/h11-13,16-22,29-30,33,36H,9-10,14-15H2,1-8H3. The van der Waals surface area contributed by atoms with E-state index in [0.717, 1.165) is 5.56 Å². The summed E-state index contributed by atoms with van der Waals surface area (Å²) < 4.78 is 42.6. The Kier molecular flexibility index (Phi) is 12.9. The predicted octanol–water partition coefficient (Wildman–Crippen LogP) is 6.87. The number of aryl methyl sites for hydroxylation is 1. The third kappa shape index (κ3) is 9.51. The summed E-state index contributed by atoms with van der Waals surface area (Å²) in [5, 5.41) is 14.7. The molecule has 0 amide bonds. The third-order valence-electron chi connectivity index (χ3n) is 8.33. The van der Waals surface area contributed by atoms with Gasteiger partial charge >= 0.3 is 11.9 Å². The zero-order valence-electron chi connectivity index (χ0n) is 28.4. The number of carbonyl (C=O) groups is 2. The van der Waals surface area contributed by atoms with E-state index in [9.17, 15) is 28.1 Å². The summed E-state index contributed by atoms with van der Waals surface area (Å²) in [6.07, 6.45) is 1.28. The number of benzene rings is 2. The molecular formula is C35H46N2O9S. The number of carbonyl (C=O) groups excluding carboxylic acids is 2. The molecule has 0 fully saturated rings. The van der Waals surface area contributed by atoms with Gasteiger partial charge in [-0.15, -0.1) is 0 Å². The topological polar surface area (TPSA) is 151 Å². The largest absolute Gasteiger partial charge is 0.466 e. The summed E-state index contributed by atoms with van der Waals surface area (Å²) in [6, 6.07) is 12.4. The number of nitro benzene ring substituents is 1. The molecule has 1 aliphatic rings. The number of non-ortho nitro benzene ring substituents is 1. The van der Waals surface area contributed by atoms with Gasteiger partial charge in [-0.05, 0) is 69.6 Å². The van der Waals surface area contributed by atoms with Crippen LogP contribution < -0.4 is 5.32 Å². The zero-order chi connectivity index (χ0) is 35.1. The number of hydrogen-bond acceptors (Lipinski definition) is 10. The molecule has 256 valence electrons. The highest BCUT2D eigenvalue weighted by atomic mass is 32.2. The molecule has 12 heteroatoms. The molecule has 0 spiro atoms. The Morgan fingerprint density at radius 3 is 1.96 bits per heavy atom. The molecular weight excluding hydrogens is 624 g/mol. The number of allylic oxidation sites excluding steroid dienone is 2. The highest BCUT2D eigenvalue weighted by molar-refractivity contribution is 7.86. The molecule has 0 saturated heterocycles. The summed E-state index contributed by atoms with van der Waals surface area (Å²) in [5.74, 6) is -2.37. The number of esters is 2. The molecule has 3 rings (SSSR count). The van der Waals surface area contributed by atoms with Crippen molar-refractivity contribution in [2.75, 3.05) is 7.11 Å². The van der Waals surface area contributed by atoms with Gasteiger partial charge in [0.25, 0.3) is 15.8 Å². The highest BCUT2D eigenvalue weighted by Gasteiger charge is 2.39. The maximum atomic E-state index is 13.9. The van der Waals surface area contributed by atoms with Crippen LogP contribution in [0.15, 0.2) is 76.0 Å². The Bertz CT molecular complexity index is 1630. The van der Waals surface area contributed by atoms with Gasteiger partial charge in [0, 0.05) is 23.5 Å². The van der Waals surface area contributed by atoms with E-state index < -0.39 is 45.1 Å². The molecule has 1 heterocycles. The SMILES string of the molecule is COC(=O)C1=C(C)NC(C)=C(C(=O)OC(CCCCC(OS(=O)(=O)c2ccc(C)cc2)C(C)C)C(C)C)C1c1cccc([N+](=O)[O-])c1. The second-order valence-corrected chi connectivity index (χ2v) is 14.2. The van der Waals surface area contributed by atoms with Gasteiger partial charge < -0.3 is 14.8 Å². The summed E-state index contributed by atoms with van der Waals surface area (Å²) in [6.45, 7) is 13.0. The molecule has 1 aliphatic heterocycles. The maximum absolute atomic E-state index is 13.9. The first kappa shape index (κ1) is 37.4. The number of nitro groups is 1. The number of nitrogens with zero attached hydrogens (tertiary/aromatic N) is 1. The van der Waals surface area contributed by atoms with Crippen molar-refractivity contribution in [2.45, 2.75) is 97.2 Å². The van der Waals surface area contributed by atoms with Crippen molar-refractivity contribution in [1.82, 2.24) is 5.32 Å². The summed E-state index contributed by atoms with van der Waals surface area (Å²) in [4.78, 5) is 38.0. The fourth-order valence-electron chi connectivity index (χ4n) is 5.63. The van der Waals surface area contributed by atoms with Crippen molar-refractivity contribution >= 4 is 27.7 Å². The van der Waals surface area contributed by atoms with Crippen molar-refractivity contribution in [3.8, 4) is 0 Å². The van der Waals surface area contributed by atoms with E-state index >= 15 is 0 Å². The van der Waals surface area contributed by atoms with E-state index in [1.165, 1.54) is 37.4 Å². The lowest BCUT2D eigenvalue weighted by Crippen LogP contribution is -2.34. The number of unbranched alkanes of at least 4 members (excludes halogenated alkanes) is 1. The smallest absolute Gasteiger partial charge is 0.337 e. The molecule has 0 radical (unpaired) electrons. The van der Waals surface area contributed by atoms with Crippen LogP contribution in [0.25, 0.3) is 0 Å². The second kappa shape index (κ2) is 16.2. The number of hydrogen-bond donors (Lipinski definition) is 1. The normalized spacial score (nSPS) is 16.6. The number of nitrogens with one attached hydrogen (secondary N) is 1. The summed E-state index contributed by atoms with van der Waals surface area (Å²) in [5.41, 5.74) is 2.41. The Hall–Kier alpha value is -4.03. The maximum Gasteiger partial charge on any atom is 0.337 e. The van der Waals surface area contributed by atoms with E-state index in [1.807, 2.05) is 34.6 Å². The molecule has 3 atom stereocenters. The summed E-state index contributed by atoms with van der Waals surface area (Å²) >= 11 is 0. The minimum Gasteiger partial charge on any atom is -0.466 e. The van der Waals surface area contributed by atoms with E-state index in [0.29, 0.717) is 42.6 Å². The van der Waals surface area contributed by atoms with Crippen molar-refractivity contribution in [2.24, 2.45) is 11.8 Å². The number of dihydropyridines is 1. The Morgan fingerprint density at radius 1 is 0.872 bits per heavy atom. The van der Waals surface area contributed by atoms with E-state index in [-0.39, 0.29) is 33.6 Å². The Morgan fingerprint density at radius 2 is 1.43 bits per heavy atom. The minimum atomic E-state index is -3.93. The number of methoxy groups -OCH3 is 1. The minimum absolute atomic E-state index is 0.0473. The van der Waals surface area contributed by atoms with Crippen molar-refractivity contribution < 1.29 is 36.6 Å². The lowest BCUT2D eigenvalue weighted by atomic mass is 9.80. The molecule has 2 aromatic carbocycles. The van der Waals surface area contributed by atoms with Crippen LogP contribution >= 0.6 is 0 Å². The van der Waals surface area contributed by atoms with Gasteiger partial charge in [0.1, 0.15) is 6.10 Å². The average Bonchev–Trinajstić information content (AvgIpc) is 3.01. The highest BCUT2D eigenvalue weighted by Crippen LogP contribution is 2.40. The molecule has 0 aromatic heterocycles. The van der Waals surface area contributed by atoms with Crippen LogP contribution in [-0.2, 0) is 33.4 Å². The van der Waals surface area contributed by atoms with Crippen LogP contribution in [0.3, 0.4) is 0 Å². The first-order valence-corrected chi connectivity index (χ1v) is 17.2. The number of rotatable bonds is 15. The van der Waals surface area contributed by atoms with Gasteiger partial charge in [0.2, 0.25) is 0 Å². The van der Waals surface area contributed by atoms with Crippen molar-refractivity contribution in [1.29, 1.82) is 0 Å². The molecule has 3 unspecified atom stereocenters. The van der Waals surface area contributed by atoms with Crippen LogP contribution in [0.4, 0.5) is 5.69 Å². The Labute approximate surface area is 277 Å².